The number of halogens is 1. The number of pyridine rings is 1. The predicted octanol–water partition coefficient (Wildman–Crippen LogP) is 5.40. The molecule has 8 nitrogen and oxygen atoms in total. The molecule has 196 valence electrons. The monoisotopic (exact) mass is 523 g/mol. The van der Waals surface area contributed by atoms with Gasteiger partial charge in [0.05, 0.1) is 18.5 Å². The highest BCUT2D eigenvalue weighted by atomic mass is 19.1. The van der Waals surface area contributed by atoms with Gasteiger partial charge in [-0.05, 0) is 79.1 Å². The zero-order valence-corrected chi connectivity index (χ0v) is 21.2. The third-order valence-electron chi connectivity index (χ3n) is 7.00. The van der Waals surface area contributed by atoms with E-state index in [9.17, 15) is 14.3 Å². The molecule has 0 spiro atoms. The van der Waals surface area contributed by atoms with Crippen LogP contribution in [-0.4, -0.2) is 43.4 Å². The van der Waals surface area contributed by atoms with Crippen molar-refractivity contribution in [2.45, 2.75) is 31.7 Å². The van der Waals surface area contributed by atoms with Crippen LogP contribution in [0.2, 0.25) is 0 Å². The van der Waals surface area contributed by atoms with Gasteiger partial charge in [0.1, 0.15) is 28.8 Å². The summed E-state index contributed by atoms with van der Waals surface area (Å²) in [6, 6.07) is 20.4. The molecule has 9 heteroatoms. The number of nitrogens with zero attached hydrogens (tertiary/aromatic N) is 4. The maximum Gasteiger partial charge on any atom is 0.252 e. The number of para-hydroxylation sites is 1. The lowest BCUT2D eigenvalue weighted by atomic mass is 9.79. The summed E-state index contributed by atoms with van der Waals surface area (Å²) in [5.41, 5.74) is 1.44. The van der Waals surface area contributed by atoms with Crippen molar-refractivity contribution in [3.8, 4) is 28.7 Å². The van der Waals surface area contributed by atoms with Crippen molar-refractivity contribution >= 4 is 16.7 Å². The van der Waals surface area contributed by atoms with E-state index < -0.39 is 5.82 Å². The lowest BCUT2D eigenvalue weighted by Crippen LogP contribution is -2.44. The quantitative estimate of drug-likeness (QED) is 0.296. The Labute approximate surface area is 224 Å². The molecule has 0 saturated heterocycles. The Balaban J connectivity index is 1.25. The van der Waals surface area contributed by atoms with Crippen LogP contribution in [0.3, 0.4) is 0 Å². The Hall–Kier alpha value is -4.79. The summed E-state index contributed by atoms with van der Waals surface area (Å²) in [7, 11) is 0. The Kier molecular flexibility index (Phi) is 6.40. The van der Waals surface area contributed by atoms with Gasteiger partial charge in [-0.3, -0.25) is 9.36 Å². The number of amides is 1. The minimum Gasteiger partial charge on any atom is -0.508 e. The van der Waals surface area contributed by atoms with Crippen LogP contribution in [0.1, 0.15) is 41.9 Å². The number of nitrogens with one attached hydrogen (secondary N) is 1. The number of phenolic OH excluding ortho intramolecular Hbond substituents is 1. The van der Waals surface area contributed by atoms with Crippen LogP contribution in [-0.2, 0) is 0 Å². The number of hydrogen-bond acceptors (Lipinski definition) is 6. The average molecular weight is 524 g/mol. The second-order valence-corrected chi connectivity index (χ2v) is 9.53. The Bertz CT molecular complexity index is 1660. The number of ether oxygens (including phenoxy) is 1. The molecule has 6 rings (SSSR count). The largest absolute Gasteiger partial charge is 0.508 e. The highest BCUT2D eigenvalue weighted by molar-refractivity contribution is 6.07. The van der Waals surface area contributed by atoms with Gasteiger partial charge in [-0.15, -0.1) is 10.2 Å². The first-order valence-electron chi connectivity index (χ1n) is 12.8. The molecule has 39 heavy (non-hydrogen) atoms. The molecule has 1 aliphatic carbocycles. The molecule has 0 atom stereocenters. The van der Waals surface area contributed by atoms with E-state index in [2.05, 4.69) is 20.5 Å². The second-order valence-electron chi connectivity index (χ2n) is 9.53. The maximum atomic E-state index is 15.0. The minimum absolute atomic E-state index is 0.0247. The van der Waals surface area contributed by atoms with Crippen molar-refractivity contribution in [2.24, 2.45) is 0 Å². The van der Waals surface area contributed by atoms with Gasteiger partial charge >= 0.3 is 0 Å². The summed E-state index contributed by atoms with van der Waals surface area (Å²) in [5.74, 6) is 1.26. The second kappa shape index (κ2) is 10.2. The number of benzene rings is 3. The van der Waals surface area contributed by atoms with Crippen molar-refractivity contribution in [1.29, 1.82) is 0 Å². The molecule has 0 radical (unpaired) electrons. The SMILES string of the molecule is CCOc1ccc(-c2nnc([C@H]3C[C@H](NC(=O)c4cccc5cc(O)ccc45)C3)n2-c2ccccc2F)nc1. The van der Waals surface area contributed by atoms with Crippen molar-refractivity contribution in [2.75, 3.05) is 6.61 Å². The lowest BCUT2D eigenvalue weighted by molar-refractivity contribution is 0.0909. The molecule has 0 aliphatic heterocycles. The number of carbonyl (C=O) groups is 1. The van der Waals surface area contributed by atoms with E-state index in [0.717, 1.165) is 10.8 Å². The van der Waals surface area contributed by atoms with Crippen LogP contribution in [0.25, 0.3) is 28.0 Å². The topological polar surface area (TPSA) is 102 Å². The number of hydrogen-bond donors (Lipinski definition) is 2. The van der Waals surface area contributed by atoms with E-state index in [0.29, 0.717) is 53.8 Å². The number of carbonyl (C=O) groups excluding carboxylic acids is 1. The number of rotatable bonds is 7. The van der Waals surface area contributed by atoms with Crippen molar-refractivity contribution in [1.82, 2.24) is 25.1 Å². The first-order chi connectivity index (χ1) is 19.0. The zero-order valence-electron chi connectivity index (χ0n) is 21.2. The van der Waals surface area contributed by atoms with Gasteiger partial charge in [-0.25, -0.2) is 9.37 Å². The smallest absolute Gasteiger partial charge is 0.252 e. The van der Waals surface area contributed by atoms with Crippen LogP contribution in [0.5, 0.6) is 11.5 Å². The highest BCUT2D eigenvalue weighted by Crippen LogP contribution is 2.39. The van der Waals surface area contributed by atoms with Gasteiger partial charge in [0.2, 0.25) is 0 Å². The van der Waals surface area contributed by atoms with Crippen LogP contribution in [0.4, 0.5) is 4.39 Å². The van der Waals surface area contributed by atoms with Gasteiger partial charge in [0, 0.05) is 17.5 Å². The number of fused-ring (bicyclic) bond motifs is 1. The predicted molar refractivity (Wildman–Crippen MR) is 145 cm³/mol. The molecule has 2 heterocycles. The lowest BCUT2D eigenvalue weighted by Gasteiger charge is -2.35. The first kappa shape index (κ1) is 24.5. The number of aromatic nitrogens is 4. The average Bonchev–Trinajstić information content (AvgIpc) is 3.35. The van der Waals surface area contributed by atoms with Crippen LogP contribution < -0.4 is 10.1 Å². The molecule has 1 fully saturated rings. The molecule has 0 unspecified atom stereocenters. The Morgan fingerprint density at radius 3 is 2.69 bits per heavy atom. The van der Waals surface area contributed by atoms with Crippen molar-refractivity contribution in [3.05, 3.63) is 96.2 Å². The molecule has 2 N–H and O–H groups in total. The maximum absolute atomic E-state index is 15.0. The Morgan fingerprint density at radius 1 is 1.08 bits per heavy atom. The molecule has 3 aromatic carbocycles. The van der Waals surface area contributed by atoms with Crippen molar-refractivity contribution < 1.29 is 19.0 Å². The third kappa shape index (κ3) is 4.67. The summed E-state index contributed by atoms with van der Waals surface area (Å²) in [5, 5.41) is 23.3. The summed E-state index contributed by atoms with van der Waals surface area (Å²) in [6.45, 7) is 2.43. The first-order valence-corrected chi connectivity index (χ1v) is 12.8. The van der Waals surface area contributed by atoms with E-state index in [1.807, 2.05) is 13.0 Å². The van der Waals surface area contributed by atoms with E-state index in [1.54, 1.807) is 71.4 Å². The fraction of sp³-hybridized carbons (Fsp3) is 0.200. The van der Waals surface area contributed by atoms with Gasteiger partial charge in [0.15, 0.2) is 5.82 Å². The molecule has 1 amide bonds. The highest BCUT2D eigenvalue weighted by Gasteiger charge is 2.36. The molecule has 2 aromatic heterocycles. The minimum atomic E-state index is -0.392. The van der Waals surface area contributed by atoms with Crippen molar-refractivity contribution in [3.63, 3.8) is 0 Å². The molecule has 0 bridgehead atoms. The molecular formula is C30H26FN5O3. The number of aromatic hydroxyl groups is 1. The van der Waals surface area contributed by atoms with Gasteiger partial charge in [-0.2, -0.15) is 0 Å². The fourth-order valence-electron chi connectivity index (χ4n) is 5.04. The van der Waals surface area contributed by atoms with Gasteiger partial charge in [-0.1, -0.05) is 24.3 Å². The van der Waals surface area contributed by atoms with E-state index >= 15 is 0 Å². The van der Waals surface area contributed by atoms with E-state index in [-0.39, 0.29) is 23.6 Å². The molecule has 1 aliphatic rings. The summed E-state index contributed by atoms with van der Waals surface area (Å²) in [6.07, 6.45) is 2.89. The van der Waals surface area contributed by atoms with Gasteiger partial charge < -0.3 is 15.2 Å². The molecule has 1 saturated carbocycles. The summed E-state index contributed by atoms with van der Waals surface area (Å²) < 4.78 is 22.2. The van der Waals surface area contributed by atoms with Crippen LogP contribution >= 0.6 is 0 Å². The number of phenols is 1. The van der Waals surface area contributed by atoms with Crippen LogP contribution in [0.15, 0.2) is 79.0 Å². The summed E-state index contributed by atoms with van der Waals surface area (Å²) >= 11 is 0. The standard InChI is InChI=1S/C30H26FN5O3/c1-2-39-22-11-13-26(32-17-22)29-35-34-28(36(29)27-9-4-3-8-25(27)31)19-14-20(15-19)33-30(38)24-7-5-6-18-16-21(37)10-12-23(18)24/h3-13,16-17,19-20,37H,2,14-15H2,1H3,(H,33,38)/t19-,20-. The summed E-state index contributed by atoms with van der Waals surface area (Å²) in [4.78, 5) is 17.6. The zero-order chi connectivity index (χ0) is 26.9. The molecule has 5 aromatic rings. The van der Waals surface area contributed by atoms with Gasteiger partial charge in [0.25, 0.3) is 5.91 Å². The third-order valence-corrected chi connectivity index (χ3v) is 7.00. The van der Waals surface area contributed by atoms with E-state index in [1.165, 1.54) is 6.07 Å². The normalized spacial score (nSPS) is 16.6. The molecular weight excluding hydrogens is 497 g/mol. The van der Waals surface area contributed by atoms with E-state index in [4.69, 9.17) is 4.74 Å². The Morgan fingerprint density at radius 2 is 1.92 bits per heavy atom. The van der Waals surface area contributed by atoms with Crippen LogP contribution in [0, 0.1) is 5.82 Å². The fourth-order valence-corrected chi connectivity index (χ4v) is 5.04.